The summed E-state index contributed by atoms with van der Waals surface area (Å²) in [6.45, 7) is 0. The van der Waals surface area contributed by atoms with E-state index in [-0.39, 0.29) is 4.06 Å². The number of rotatable bonds is 0. The normalized spacial score (nSPS) is 16.0. The third kappa shape index (κ3) is 0.952. The molecule has 48 valence electrons. The van der Waals surface area contributed by atoms with Gasteiger partial charge >= 0.3 is 0 Å². The first-order valence-corrected chi connectivity index (χ1v) is 5.24. The van der Waals surface area contributed by atoms with Gasteiger partial charge in [0.05, 0.1) is 4.21 Å². The molecule has 1 aliphatic rings. The molecule has 1 aromatic heterocycles. The van der Waals surface area contributed by atoms with Crippen molar-refractivity contribution in [1.29, 1.82) is 0 Å². The average molecular weight is 176 g/mol. The first kappa shape index (κ1) is 5.95. The van der Waals surface area contributed by atoms with Gasteiger partial charge in [-0.2, -0.15) is 0 Å². The third-order valence-electron chi connectivity index (χ3n) is 1.17. The molecule has 0 radical (unpaired) electrons. The minimum atomic E-state index is 0.257. The minimum Gasteiger partial charge on any atom is -0.265 e. The largest absolute Gasteiger partial charge is 0.288 e. The summed E-state index contributed by atoms with van der Waals surface area (Å²) in [5.74, 6) is 1.18. The second-order valence-electron chi connectivity index (χ2n) is 1.76. The second kappa shape index (κ2) is 2.11. The van der Waals surface area contributed by atoms with E-state index in [1.54, 1.807) is 0 Å². The van der Waals surface area contributed by atoms with Gasteiger partial charge in [-0.05, 0) is 6.42 Å². The summed E-state index contributed by atoms with van der Waals surface area (Å²) < 4.78 is 1.53. The van der Waals surface area contributed by atoms with Gasteiger partial charge in [0, 0.05) is 10.6 Å². The maximum Gasteiger partial charge on any atom is 0.288 e. The van der Waals surface area contributed by atoms with Crippen molar-refractivity contribution < 1.29 is 0 Å². The van der Waals surface area contributed by atoms with Gasteiger partial charge in [0.25, 0.3) is 4.06 Å². The summed E-state index contributed by atoms with van der Waals surface area (Å²) in [4.78, 5) is 12.0. The molecule has 1 aliphatic heterocycles. The molecule has 0 bridgehead atoms. The first-order valence-electron chi connectivity index (χ1n) is 2.62. The monoisotopic (exact) mass is 176 g/mol. The molecule has 0 fully saturated rings. The van der Waals surface area contributed by atoms with Gasteiger partial charge in [-0.3, -0.25) is 4.79 Å². The molecule has 2 heterocycles. The lowest BCUT2D eigenvalue weighted by Crippen LogP contribution is -1.78. The van der Waals surface area contributed by atoms with E-state index in [2.05, 4.69) is 0 Å². The van der Waals surface area contributed by atoms with E-state index >= 15 is 0 Å². The lowest BCUT2D eigenvalue weighted by atomic mass is 10.5. The Bertz CT molecular complexity index is 247. The standard InChI is InChI=1S/C5H4OS3/c6-5-8-3-1-2-7-4(3)9-5/h1-2H2. The molecule has 0 N–H and O–H groups in total. The van der Waals surface area contributed by atoms with Crippen molar-refractivity contribution in [3.05, 3.63) is 13.7 Å². The Kier molecular flexibility index (Phi) is 1.39. The Balaban J connectivity index is 2.64. The van der Waals surface area contributed by atoms with Crippen LogP contribution in [0.1, 0.15) is 4.88 Å². The fraction of sp³-hybridized carbons (Fsp3) is 0.400. The van der Waals surface area contributed by atoms with Crippen LogP contribution in [0.2, 0.25) is 0 Å². The summed E-state index contributed by atoms with van der Waals surface area (Å²) in [5.41, 5.74) is 0. The van der Waals surface area contributed by atoms with Gasteiger partial charge in [0.15, 0.2) is 0 Å². The van der Waals surface area contributed by atoms with Crippen molar-refractivity contribution in [1.82, 2.24) is 0 Å². The Morgan fingerprint density at radius 1 is 1.33 bits per heavy atom. The highest BCUT2D eigenvalue weighted by molar-refractivity contribution is 8.01. The predicted molar refractivity (Wildman–Crippen MR) is 42.9 cm³/mol. The fourth-order valence-corrected chi connectivity index (χ4v) is 4.68. The topological polar surface area (TPSA) is 17.1 Å². The Labute approximate surface area is 64.7 Å². The van der Waals surface area contributed by atoms with Crippen LogP contribution in [0.4, 0.5) is 0 Å². The highest BCUT2D eigenvalue weighted by Crippen LogP contribution is 2.35. The van der Waals surface area contributed by atoms with Crippen LogP contribution < -0.4 is 4.06 Å². The summed E-state index contributed by atoms with van der Waals surface area (Å²) >= 11 is 4.64. The summed E-state index contributed by atoms with van der Waals surface area (Å²) in [6, 6.07) is 0. The van der Waals surface area contributed by atoms with Crippen LogP contribution >= 0.6 is 34.4 Å². The number of thioether (sulfide) groups is 1. The quantitative estimate of drug-likeness (QED) is 0.600. The van der Waals surface area contributed by atoms with Crippen LogP contribution in [0.5, 0.6) is 0 Å². The molecular weight excluding hydrogens is 172 g/mol. The van der Waals surface area contributed by atoms with Crippen molar-refractivity contribution in [3.63, 3.8) is 0 Å². The van der Waals surface area contributed by atoms with Gasteiger partial charge < -0.3 is 0 Å². The maximum atomic E-state index is 10.7. The van der Waals surface area contributed by atoms with Gasteiger partial charge in [0.1, 0.15) is 0 Å². The van der Waals surface area contributed by atoms with Gasteiger partial charge in [0.2, 0.25) is 0 Å². The molecule has 9 heavy (non-hydrogen) atoms. The molecule has 0 atom stereocenters. The zero-order valence-corrected chi connectivity index (χ0v) is 7.00. The lowest BCUT2D eigenvalue weighted by Gasteiger charge is -1.76. The highest BCUT2D eigenvalue weighted by atomic mass is 32.2. The Morgan fingerprint density at radius 2 is 2.22 bits per heavy atom. The van der Waals surface area contributed by atoms with E-state index < -0.39 is 0 Å². The molecule has 0 amide bonds. The molecular formula is C5H4OS3. The molecule has 0 saturated carbocycles. The van der Waals surface area contributed by atoms with Crippen LogP contribution in [-0.4, -0.2) is 5.75 Å². The van der Waals surface area contributed by atoms with Crippen LogP contribution in [0.15, 0.2) is 9.00 Å². The van der Waals surface area contributed by atoms with Crippen LogP contribution in [0.25, 0.3) is 0 Å². The number of hydrogen-bond donors (Lipinski definition) is 0. The lowest BCUT2D eigenvalue weighted by molar-refractivity contribution is 1.22. The molecule has 4 heteroatoms. The van der Waals surface area contributed by atoms with E-state index in [9.17, 15) is 4.79 Å². The molecule has 0 aromatic carbocycles. The van der Waals surface area contributed by atoms with Crippen LogP contribution in [0.3, 0.4) is 0 Å². The van der Waals surface area contributed by atoms with Crippen LogP contribution in [0, 0.1) is 0 Å². The summed E-state index contributed by atoms with van der Waals surface area (Å²) in [7, 11) is 0. The van der Waals surface area contributed by atoms with E-state index in [0.29, 0.717) is 0 Å². The molecule has 0 unspecified atom stereocenters. The van der Waals surface area contributed by atoms with Gasteiger partial charge in [-0.25, -0.2) is 0 Å². The minimum absolute atomic E-state index is 0.257. The summed E-state index contributed by atoms with van der Waals surface area (Å²) in [5, 5.41) is 0. The first-order chi connectivity index (χ1) is 4.36. The number of fused-ring (bicyclic) bond motifs is 1. The third-order valence-corrected chi connectivity index (χ3v) is 4.87. The van der Waals surface area contributed by atoms with Crippen LogP contribution in [-0.2, 0) is 6.42 Å². The Hall–Kier alpha value is 0.200. The maximum absolute atomic E-state index is 10.7. The van der Waals surface area contributed by atoms with Crippen molar-refractivity contribution in [2.75, 3.05) is 5.75 Å². The number of aryl methyl sites for hydroxylation is 1. The Morgan fingerprint density at radius 3 is 3.00 bits per heavy atom. The van der Waals surface area contributed by atoms with Gasteiger partial charge in [-0.15, -0.1) is 11.8 Å². The van der Waals surface area contributed by atoms with E-state index in [0.717, 1.165) is 6.42 Å². The average Bonchev–Trinajstić information content (AvgIpc) is 2.22. The molecule has 0 saturated heterocycles. The van der Waals surface area contributed by atoms with Gasteiger partial charge in [-0.1, -0.05) is 22.7 Å². The number of hydrogen-bond acceptors (Lipinski definition) is 4. The zero-order valence-electron chi connectivity index (χ0n) is 4.55. The van der Waals surface area contributed by atoms with Crippen molar-refractivity contribution in [2.24, 2.45) is 0 Å². The molecule has 0 aliphatic carbocycles. The smallest absolute Gasteiger partial charge is 0.265 e. The van der Waals surface area contributed by atoms with Crippen molar-refractivity contribution in [3.8, 4) is 0 Å². The SMILES string of the molecule is O=c1sc2c(s1)SCC2. The molecule has 0 spiro atoms. The van der Waals surface area contributed by atoms with E-state index in [4.69, 9.17) is 0 Å². The fourth-order valence-electron chi connectivity index (χ4n) is 0.795. The van der Waals surface area contributed by atoms with Crippen molar-refractivity contribution >= 4 is 34.4 Å². The van der Waals surface area contributed by atoms with E-state index in [1.807, 2.05) is 11.8 Å². The van der Waals surface area contributed by atoms with Crippen molar-refractivity contribution in [2.45, 2.75) is 10.6 Å². The molecule has 2 rings (SSSR count). The zero-order chi connectivity index (χ0) is 6.27. The molecule has 1 aromatic rings. The highest BCUT2D eigenvalue weighted by Gasteiger charge is 2.14. The van der Waals surface area contributed by atoms with E-state index in [1.165, 1.54) is 37.5 Å². The molecule has 1 nitrogen and oxygen atoms in total. The summed E-state index contributed by atoms with van der Waals surface area (Å²) in [6.07, 6.45) is 1.11. The predicted octanol–water partition coefficient (Wildman–Crippen LogP) is 1.82. The second-order valence-corrected chi connectivity index (χ2v) is 5.44.